The van der Waals surface area contributed by atoms with Crippen molar-refractivity contribution in [2.24, 2.45) is 0 Å². The first-order chi connectivity index (χ1) is 6.74. The van der Waals surface area contributed by atoms with Crippen molar-refractivity contribution in [3.05, 3.63) is 30.3 Å². The van der Waals surface area contributed by atoms with Crippen LogP contribution in [0.2, 0.25) is 0 Å². The van der Waals surface area contributed by atoms with Gasteiger partial charge in [-0.05, 0) is 18.6 Å². The van der Waals surface area contributed by atoms with Gasteiger partial charge in [-0.25, -0.2) is 0 Å². The SMILES string of the molecule is CCCN(CC(=O)[O-])c1ccccc1. The molecule has 14 heavy (non-hydrogen) atoms. The molecule has 0 fully saturated rings. The van der Waals surface area contributed by atoms with Gasteiger partial charge in [0.15, 0.2) is 0 Å². The van der Waals surface area contributed by atoms with Crippen LogP contribution in [0.3, 0.4) is 0 Å². The van der Waals surface area contributed by atoms with E-state index in [9.17, 15) is 9.90 Å². The number of aliphatic carboxylic acids is 1. The highest BCUT2D eigenvalue weighted by Crippen LogP contribution is 2.12. The fourth-order valence-corrected chi connectivity index (χ4v) is 1.36. The lowest BCUT2D eigenvalue weighted by Gasteiger charge is -2.24. The number of benzene rings is 1. The number of carboxylic acid groups (broad SMARTS) is 1. The minimum atomic E-state index is -1.04. The number of hydrogen-bond acceptors (Lipinski definition) is 3. The van der Waals surface area contributed by atoms with Crippen LogP contribution in [0, 0.1) is 0 Å². The zero-order valence-corrected chi connectivity index (χ0v) is 8.27. The Morgan fingerprint density at radius 2 is 2.00 bits per heavy atom. The Hall–Kier alpha value is -1.51. The maximum absolute atomic E-state index is 10.5. The summed E-state index contributed by atoms with van der Waals surface area (Å²) in [4.78, 5) is 12.3. The van der Waals surface area contributed by atoms with E-state index in [4.69, 9.17) is 0 Å². The highest BCUT2D eigenvalue weighted by atomic mass is 16.4. The van der Waals surface area contributed by atoms with Gasteiger partial charge >= 0.3 is 0 Å². The van der Waals surface area contributed by atoms with Crippen molar-refractivity contribution in [3.63, 3.8) is 0 Å². The number of para-hydroxylation sites is 1. The van der Waals surface area contributed by atoms with E-state index in [0.717, 1.165) is 18.7 Å². The summed E-state index contributed by atoms with van der Waals surface area (Å²) < 4.78 is 0. The van der Waals surface area contributed by atoms with Gasteiger partial charge in [-0.2, -0.15) is 0 Å². The van der Waals surface area contributed by atoms with E-state index < -0.39 is 5.97 Å². The van der Waals surface area contributed by atoms with Gasteiger partial charge in [0.25, 0.3) is 0 Å². The summed E-state index contributed by atoms with van der Waals surface area (Å²) in [6.07, 6.45) is 0.919. The number of carbonyl (C=O) groups is 1. The molecule has 1 rings (SSSR count). The fraction of sp³-hybridized carbons (Fsp3) is 0.364. The summed E-state index contributed by atoms with van der Waals surface area (Å²) in [6.45, 7) is 2.71. The van der Waals surface area contributed by atoms with Gasteiger partial charge in [0.05, 0.1) is 12.5 Å². The summed E-state index contributed by atoms with van der Waals surface area (Å²) >= 11 is 0. The van der Waals surface area contributed by atoms with Crippen LogP contribution in [-0.2, 0) is 4.79 Å². The van der Waals surface area contributed by atoms with Gasteiger partial charge in [-0.3, -0.25) is 0 Å². The maximum Gasteiger partial charge on any atom is 0.0608 e. The Balaban J connectivity index is 2.72. The molecule has 0 amide bonds. The van der Waals surface area contributed by atoms with Crippen molar-refractivity contribution >= 4 is 11.7 Å². The molecule has 0 radical (unpaired) electrons. The lowest BCUT2D eigenvalue weighted by atomic mass is 10.2. The Morgan fingerprint density at radius 3 is 2.50 bits per heavy atom. The number of nitrogens with zero attached hydrogens (tertiary/aromatic N) is 1. The van der Waals surface area contributed by atoms with Crippen LogP contribution in [0.5, 0.6) is 0 Å². The topological polar surface area (TPSA) is 43.4 Å². The Labute approximate surface area is 84.0 Å². The lowest BCUT2D eigenvalue weighted by Crippen LogP contribution is -2.38. The zero-order chi connectivity index (χ0) is 10.4. The Morgan fingerprint density at radius 1 is 1.36 bits per heavy atom. The smallest absolute Gasteiger partial charge is 0.0608 e. The predicted octanol–water partition coefficient (Wildman–Crippen LogP) is 0.653. The summed E-state index contributed by atoms with van der Waals surface area (Å²) in [6, 6.07) is 9.50. The van der Waals surface area contributed by atoms with Gasteiger partial charge in [-0.15, -0.1) is 0 Å². The third kappa shape index (κ3) is 3.09. The molecule has 0 spiro atoms. The van der Waals surface area contributed by atoms with Crippen LogP contribution in [0.1, 0.15) is 13.3 Å². The molecule has 0 N–H and O–H groups in total. The fourth-order valence-electron chi connectivity index (χ4n) is 1.36. The van der Waals surface area contributed by atoms with Crippen molar-refractivity contribution < 1.29 is 9.90 Å². The number of rotatable bonds is 5. The van der Waals surface area contributed by atoms with Crippen LogP contribution < -0.4 is 10.0 Å². The normalized spacial score (nSPS) is 9.79. The van der Waals surface area contributed by atoms with Crippen LogP contribution in [-0.4, -0.2) is 19.1 Å². The summed E-state index contributed by atoms with van der Waals surface area (Å²) in [5, 5.41) is 10.5. The number of hydrogen-bond donors (Lipinski definition) is 0. The largest absolute Gasteiger partial charge is 0.548 e. The van der Waals surface area contributed by atoms with Gasteiger partial charge in [0.1, 0.15) is 0 Å². The summed E-state index contributed by atoms with van der Waals surface area (Å²) in [5.41, 5.74) is 0.929. The number of anilines is 1. The molecule has 76 valence electrons. The first kappa shape index (κ1) is 10.6. The second-order valence-corrected chi connectivity index (χ2v) is 3.13. The quantitative estimate of drug-likeness (QED) is 0.688. The van der Waals surface area contributed by atoms with E-state index in [-0.39, 0.29) is 6.54 Å². The molecule has 0 atom stereocenters. The van der Waals surface area contributed by atoms with Crippen molar-refractivity contribution in [2.45, 2.75) is 13.3 Å². The highest BCUT2D eigenvalue weighted by Gasteiger charge is 2.03. The molecular weight excluding hydrogens is 178 g/mol. The molecule has 0 saturated carbocycles. The molecule has 0 aliphatic carbocycles. The molecule has 0 unspecified atom stereocenters. The molecule has 3 nitrogen and oxygen atoms in total. The Kier molecular flexibility index (Phi) is 3.98. The van der Waals surface area contributed by atoms with Crippen LogP contribution in [0.15, 0.2) is 30.3 Å². The van der Waals surface area contributed by atoms with Gasteiger partial charge < -0.3 is 14.8 Å². The first-order valence-electron chi connectivity index (χ1n) is 4.74. The first-order valence-corrected chi connectivity index (χ1v) is 4.74. The van der Waals surface area contributed by atoms with E-state index in [2.05, 4.69) is 0 Å². The van der Waals surface area contributed by atoms with E-state index in [1.165, 1.54) is 0 Å². The lowest BCUT2D eigenvalue weighted by molar-refractivity contribution is -0.303. The van der Waals surface area contributed by atoms with E-state index in [1.54, 1.807) is 4.90 Å². The third-order valence-electron chi connectivity index (χ3n) is 1.93. The molecule has 1 aromatic rings. The van der Waals surface area contributed by atoms with Crippen LogP contribution in [0.25, 0.3) is 0 Å². The van der Waals surface area contributed by atoms with Gasteiger partial charge in [-0.1, -0.05) is 25.1 Å². The zero-order valence-electron chi connectivity index (χ0n) is 8.27. The van der Waals surface area contributed by atoms with Crippen LogP contribution >= 0.6 is 0 Å². The third-order valence-corrected chi connectivity index (χ3v) is 1.93. The van der Waals surface area contributed by atoms with Crippen molar-refractivity contribution in [1.29, 1.82) is 0 Å². The predicted molar refractivity (Wildman–Crippen MR) is 54.0 cm³/mol. The van der Waals surface area contributed by atoms with Crippen LogP contribution in [0.4, 0.5) is 5.69 Å². The maximum atomic E-state index is 10.5. The van der Waals surface area contributed by atoms with E-state index in [0.29, 0.717) is 0 Å². The molecule has 0 heterocycles. The second-order valence-electron chi connectivity index (χ2n) is 3.13. The highest BCUT2D eigenvalue weighted by molar-refractivity contribution is 5.71. The number of carbonyl (C=O) groups excluding carboxylic acids is 1. The second kappa shape index (κ2) is 5.27. The van der Waals surface area contributed by atoms with Gasteiger partial charge in [0.2, 0.25) is 0 Å². The summed E-state index contributed by atoms with van der Waals surface area (Å²) in [7, 11) is 0. The van der Waals surface area contributed by atoms with Crippen molar-refractivity contribution in [3.8, 4) is 0 Å². The summed E-state index contributed by atoms with van der Waals surface area (Å²) in [5.74, 6) is -1.04. The minimum Gasteiger partial charge on any atom is -0.548 e. The molecule has 0 saturated heterocycles. The van der Waals surface area contributed by atoms with Gasteiger partial charge in [0, 0.05) is 12.2 Å². The average molecular weight is 192 g/mol. The standard InChI is InChI=1S/C11H15NO2/c1-2-8-12(9-11(13)14)10-6-4-3-5-7-10/h3-7H,2,8-9H2,1H3,(H,13,14)/p-1. The minimum absolute atomic E-state index is 0.0438. The monoisotopic (exact) mass is 192 g/mol. The molecule has 0 aliphatic heterocycles. The molecular formula is C11H14NO2-. The molecule has 0 aromatic heterocycles. The molecule has 1 aromatic carbocycles. The molecule has 0 aliphatic rings. The molecule has 0 bridgehead atoms. The van der Waals surface area contributed by atoms with E-state index >= 15 is 0 Å². The van der Waals surface area contributed by atoms with E-state index in [1.807, 2.05) is 37.3 Å². The van der Waals surface area contributed by atoms with Crippen molar-refractivity contribution in [1.82, 2.24) is 0 Å². The molecule has 3 heteroatoms. The average Bonchev–Trinajstić information content (AvgIpc) is 2.18. The number of carboxylic acids is 1. The van der Waals surface area contributed by atoms with Crippen molar-refractivity contribution in [2.75, 3.05) is 18.0 Å². The Bertz CT molecular complexity index is 285.